The number of rotatable bonds is 56. The molecule has 0 saturated heterocycles. The molecule has 0 radical (unpaired) electrons. The molecule has 0 spiro atoms. The third-order valence-electron chi connectivity index (χ3n) is 15.3. The summed E-state index contributed by atoms with van der Waals surface area (Å²) in [4.78, 5) is 112. The second-order valence-corrected chi connectivity index (χ2v) is 22.4. The maximum atomic E-state index is 12.5. The number of aliphatic carboxylic acids is 2. The van der Waals surface area contributed by atoms with Gasteiger partial charge >= 0.3 is 11.9 Å². The number of carbonyl (C=O) groups is 9. The first-order valence-corrected chi connectivity index (χ1v) is 31.8. The Hall–Kier alpha value is -4.92. The highest BCUT2D eigenvalue weighted by molar-refractivity contribution is 5.86. The predicted molar refractivity (Wildman–Crippen MR) is 320 cm³/mol. The lowest BCUT2D eigenvalue weighted by molar-refractivity contribution is -0.144. The van der Waals surface area contributed by atoms with Crippen molar-refractivity contribution in [1.29, 1.82) is 0 Å². The molecule has 1 aromatic heterocycles. The summed E-state index contributed by atoms with van der Waals surface area (Å²) < 4.78 is 21.2. The number of unbranched alkanes of at least 4 members (excludes halogenated alkanes) is 17. The average Bonchev–Trinajstić information content (AvgIpc) is 4.13. The molecule has 1 unspecified atom stereocenters. The maximum Gasteiger partial charge on any atom is 0.306 e. The van der Waals surface area contributed by atoms with Crippen LogP contribution in [0.1, 0.15) is 239 Å². The van der Waals surface area contributed by atoms with E-state index in [0.29, 0.717) is 122 Å². The van der Waals surface area contributed by atoms with Crippen LogP contribution < -0.4 is 16.4 Å². The number of primary amides is 1. The first-order valence-electron chi connectivity index (χ1n) is 31.8. The number of carbonyl (C=O) groups excluding carboxylic acids is 7. The number of ether oxygens (including phenoxy) is 4. The minimum absolute atomic E-state index is 0. The van der Waals surface area contributed by atoms with Crippen LogP contribution in [0.25, 0.3) is 0 Å². The van der Waals surface area contributed by atoms with Gasteiger partial charge in [0.05, 0.1) is 51.9 Å². The first kappa shape index (κ1) is 76.1. The molecule has 478 valence electrons. The number of aromatic amines is 1. The van der Waals surface area contributed by atoms with Gasteiger partial charge < -0.3 is 50.5 Å². The number of aromatic nitrogens is 2. The van der Waals surface area contributed by atoms with Crippen LogP contribution in [0.4, 0.5) is 0 Å². The molecule has 2 rings (SSSR count). The van der Waals surface area contributed by atoms with Crippen molar-refractivity contribution < 1.29 is 73.7 Å². The van der Waals surface area contributed by atoms with Crippen molar-refractivity contribution in [2.75, 3.05) is 65.9 Å². The number of nitrogens with two attached hydrogens (primary N) is 1. The maximum absolute atomic E-state index is 12.5. The van der Waals surface area contributed by atoms with Gasteiger partial charge in [0.1, 0.15) is 30.6 Å². The van der Waals surface area contributed by atoms with E-state index in [0.717, 1.165) is 69.9 Å². The lowest BCUT2D eigenvalue weighted by Crippen LogP contribution is -2.31. The molecule has 0 aliphatic heterocycles. The summed E-state index contributed by atoms with van der Waals surface area (Å²) in [7, 11) is 0. The summed E-state index contributed by atoms with van der Waals surface area (Å²) in [5.74, 6) is -2.28. The van der Waals surface area contributed by atoms with Gasteiger partial charge in [0.25, 0.3) is 0 Å². The summed E-state index contributed by atoms with van der Waals surface area (Å²) in [5.41, 5.74) is 6.36. The Kier molecular flexibility index (Phi) is 48.2. The van der Waals surface area contributed by atoms with E-state index in [9.17, 15) is 48.3 Å². The van der Waals surface area contributed by atoms with Crippen LogP contribution in [-0.2, 0) is 68.5 Å². The zero-order valence-corrected chi connectivity index (χ0v) is 51.0. The van der Waals surface area contributed by atoms with E-state index in [1.807, 2.05) is 6.92 Å². The Balaban J connectivity index is 0.00000163. The fourth-order valence-electron chi connectivity index (χ4n) is 10.0. The molecule has 1 heterocycles. The van der Waals surface area contributed by atoms with Crippen molar-refractivity contribution in [2.24, 2.45) is 29.4 Å². The van der Waals surface area contributed by atoms with Crippen molar-refractivity contribution in [1.82, 2.24) is 20.6 Å². The molecule has 20 nitrogen and oxygen atoms in total. The number of nitrogens with one attached hydrogen (secondary N) is 3. The number of hydrogen-bond acceptors (Lipinski definition) is 14. The zero-order chi connectivity index (χ0) is 61.0. The molecule has 3 amide bonds. The van der Waals surface area contributed by atoms with Gasteiger partial charge in [0.2, 0.25) is 17.7 Å². The van der Waals surface area contributed by atoms with Crippen LogP contribution in [0.2, 0.25) is 0 Å². The third-order valence-corrected chi connectivity index (χ3v) is 15.3. The average molecular weight is 1180 g/mol. The Morgan fingerprint density at radius 2 is 1.08 bits per heavy atom. The third kappa shape index (κ3) is 46.1. The van der Waals surface area contributed by atoms with Gasteiger partial charge in [0, 0.05) is 89.6 Å². The summed E-state index contributed by atoms with van der Waals surface area (Å²) in [5, 5.41) is 23.2. The van der Waals surface area contributed by atoms with Crippen LogP contribution in [0.15, 0.2) is 12.5 Å². The van der Waals surface area contributed by atoms with Gasteiger partial charge in [-0.3, -0.25) is 43.2 Å². The highest BCUT2D eigenvalue weighted by Gasteiger charge is 2.29. The van der Waals surface area contributed by atoms with Crippen molar-refractivity contribution in [3.05, 3.63) is 18.2 Å². The first-order chi connectivity index (χ1) is 40.1. The molecule has 1 saturated carbocycles. The summed E-state index contributed by atoms with van der Waals surface area (Å²) in [6, 6.07) is 0. The number of hydrogen-bond donors (Lipinski definition) is 6. The molecule has 83 heavy (non-hydrogen) atoms. The molecule has 2 atom stereocenters. The van der Waals surface area contributed by atoms with E-state index < -0.39 is 29.7 Å². The van der Waals surface area contributed by atoms with E-state index >= 15 is 0 Å². The van der Waals surface area contributed by atoms with Crippen LogP contribution in [-0.4, -0.2) is 139 Å². The largest absolute Gasteiger partial charge is 0.481 e. The SMILES string of the molecule is CCC(=O)NCCOCCOCC(=O)NCCOCCOCC(=O)CCCCC[C@H](CC(=O)CCc1cnc[nH]1)C(N)=O.CCC(CC(=O)C1CCC(CCC(=O)CCCCCCCCCCCCCCCCCCC(=O)O)CC1)C(=O)O.[HH]. The van der Waals surface area contributed by atoms with Crippen LogP contribution in [0, 0.1) is 23.7 Å². The van der Waals surface area contributed by atoms with Crippen molar-refractivity contribution in [2.45, 2.75) is 239 Å². The summed E-state index contributed by atoms with van der Waals surface area (Å²) in [6.07, 6.45) is 34.3. The highest BCUT2D eigenvalue weighted by Crippen LogP contribution is 2.34. The minimum atomic E-state index is -0.864. The van der Waals surface area contributed by atoms with E-state index in [1.165, 1.54) is 77.0 Å². The standard InChI is InChI=1S/C34H60O6.C29H49N5O9.H2/c1-2-29(34(39)40)27-32(36)30-24-21-28(22-25-30)23-26-31(35)19-17-15-13-11-9-7-5-3-4-6-8-10-12-14-16-18-20-33(37)38;1-2-27(37)32-10-12-40-15-17-43-21-28(38)33-11-13-41-14-16-42-20-26(36)7-5-3-4-6-23(29(30)39)18-25(35)9-8-24-19-31-22-34-24;/h28-30H,2-27H2,1H3,(H,37,38)(H,39,40);19,22-23H,2-18,20-21H2,1H3,(H2,30,39)(H,31,34)(H,32,37)(H,33,38);1H/t;23-;/m.1./s1. The molecule has 1 aromatic rings. The monoisotopic (exact) mass is 1180 g/mol. The number of nitrogens with zero attached hydrogens (tertiary/aromatic N) is 1. The minimum Gasteiger partial charge on any atom is -0.481 e. The van der Waals surface area contributed by atoms with Gasteiger partial charge in [-0.25, -0.2) is 4.98 Å². The number of imidazole rings is 1. The smallest absolute Gasteiger partial charge is 0.306 e. The second kappa shape index (κ2) is 52.6. The number of Topliss-reactive ketones (excluding diaryl/α,β-unsaturated/α-hetero) is 4. The second-order valence-electron chi connectivity index (χ2n) is 22.4. The Morgan fingerprint density at radius 1 is 0.578 bits per heavy atom. The molecular formula is C63H111N5O15. The molecule has 7 N–H and O–H groups in total. The van der Waals surface area contributed by atoms with E-state index in [4.69, 9.17) is 29.8 Å². The molecule has 0 aromatic carbocycles. The Morgan fingerprint density at radius 3 is 1.59 bits per heavy atom. The lowest BCUT2D eigenvalue weighted by Gasteiger charge is -2.28. The fourth-order valence-corrected chi connectivity index (χ4v) is 10.0. The molecular weight excluding hydrogens is 1070 g/mol. The Labute approximate surface area is 497 Å². The van der Waals surface area contributed by atoms with Gasteiger partial charge in [-0.05, 0) is 76.5 Å². The van der Waals surface area contributed by atoms with Crippen LogP contribution >= 0.6 is 0 Å². The fraction of sp³-hybridized carbons (Fsp3) is 0.810. The van der Waals surface area contributed by atoms with Crippen LogP contribution in [0.5, 0.6) is 0 Å². The van der Waals surface area contributed by atoms with Gasteiger partial charge in [-0.15, -0.1) is 0 Å². The quantitative estimate of drug-likeness (QED) is 0.0330. The number of aryl methyl sites for hydroxylation is 1. The topological polar surface area (TPSA) is 310 Å². The number of ketones is 4. The van der Waals surface area contributed by atoms with Gasteiger partial charge in [-0.1, -0.05) is 117 Å². The highest BCUT2D eigenvalue weighted by atomic mass is 16.5. The molecule has 0 bridgehead atoms. The summed E-state index contributed by atoms with van der Waals surface area (Å²) >= 11 is 0. The van der Waals surface area contributed by atoms with Crippen molar-refractivity contribution >= 4 is 52.8 Å². The normalized spacial score (nSPS) is 14.7. The molecule has 20 heteroatoms. The predicted octanol–water partition coefficient (Wildman–Crippen LogP) is 10.2. The zero-order valence-electron chi connectivity index (χ0n) is 51.0. The number of H-pyrrole nitrogens is 1. The number of carboxylic acids is 2. The van der Waals surface area contributed by atoms with Crippen molar-refractivity contribution in [3.8, 4) is 0 Å². The van der Waals surface area contributed by atoms with Gasteiger partial charge in [0.15, 0.2) is 5.78 Å². The molecule has 1 fully saturated rings. The number of amides is 3. The van der Waals surface area contributed by atoms with E-state index in [2.05, 4.69) is 20.6 Å². The van der Waals surface area contributed by atoms with Crippen molar-refractivity contribution in [3.63, 3.8) is 0 Å². The summed E-state index contributed by atoms with van der Waals surface area (Å²) in [6.45, 7) is 6.14. The van der Waals surface area contributed by atoms with E-state index in [1.54, 1.807) is 19.4 Å². The van der Waals surface area contributed by atoms with Gasteiger partial charge in [-0.2, -0.15) is 0 Å². The molecule has 1 aliphatic rings. The lowest BCUT2D eigenvalue weighted by atomic mass is 9.76. The van der Waals surface area contributed by atoms with E-state index in [-0.39, 0.29) is 75.8 Å². The number of carboxylic acid groups (broad SMARTS) is 2. The molecule has 1 aliphatic carbocycles. The van der Waals surface area contributed by atoms with Crippen LogP contribution in [0.3, 0.4) is 0 Å². The Bertz CT molecular complexity index is 1900.